The number of H-pyrrole nitrogens is 1. The van der Waals surface area contributed by atoms with Crippen molar-refractivity contribution in [3.05, 3.63) is 36.0 Å². The fourth-order valence-electron chi connectivity index (χ4n) is 2.30. The highest BCUT2D eigenvalue weighted by atomic mass is 16.5. The van der Waals surface area contributed by atoms with Gasteiger partial charge in [0.25, 0.3) is 5.91 Å². The van der Waals surface area contributed by atoms with Gasteiger partial charge in [0.05, 0.1) is 31.2 Å². The number of amides is 1. The van der Waals surface area contributed by atoms with Crippen LogP contribution in [0.2, 0.25) is 0 Å². The third kappa shape index (κ3) is 3.46. The lowest BCUT2D eigenvalue weighted by Crippen LogP contribution is -2.34. The molecule has 1 amide bonds. The van der Waals surface area contributed by atoms with Crippen molar-refractivity contribution in [2.24, 2.45) is 0 Å². The van der Waals surface area contributed by atoms with Gasteiger partial charge in [0.2, 0.25) is 0 Å². The Kier molecular flexibility index (Phi) is 5.55. The molecular weight excluding hydrogens is 282 g/mol. The maximum atomic E-state index is 12.6. The van der Waals surface area contributed by atoms with Gasteiger partial charge in [-0.3, -0.25) is 9.89 Å². The van der Waals surface area contributed by atoms with E-state index in [9.17, 15) is 4.79 Å². The van der Waals surface area contributed by atoms with E-state index >= 15 is 0 Å². The van der Waals surface area contributed by atoms with Crippen LogP contribution < -0.4 is 4.74 Å². The minimum absolute atomic E-state index is 0.0541. The zero-order valence-corrected chi connectivity index (χ0v) is 12.9. The molecule has 0 bridgehead atoms. The van der Waals surface area contributed by atoms with E-state index in [4.69, 9.17) is 9.84 Å². The number of aromatic amines is 1. The standard InChI is InChI=1S/C16H21N3O3/c1-3-8-19(9-10-20)16(21)14-11-17-18-15(14)12-4-6-13(22-2)7-5-12/h4-7,11,20H,3,8-10H2,1-2H3,(H,17,18). The third-order valence-electron chi connectivity index (χ3n) is 3.40. The summed E-state index contributed by atoms with van der Waals surface area (Å²) in [5, 5.41) is 16.0. The molecule has 0 saturated carbocycles. The number of carbonyl (C=O) groups excluding carboxylic acids is 1. The second-order valence-corrected chi connectivity index (χ2v) is 4.90. The quantitative estimate of drug-likeness (QED) is 0.819. The highest BCUT2D eigenvalue weighted by Crippen LogP contribution is 2.24. The molecule has 6 heteroatoms. The van der Waals surface area contributed by atoms with Gasteiger partial charge in [-0.05, 0) is 30.7 Å². The van der Waals surface area contributed by atoms with Crippen LogP contribution in [0, 0.1) is 0 Å². The van der Waals surface area contributed by atoms with Crippen LogP contribution in [-0.4, -0.2) is 52.9 Å². The van der Waals surface area contributed by atoms with E-state index < -0.39 is 0 Å². The third-order valence-corrected chi connectivity index (χ3v) is 3.40. The molecule has 22 heavy (non-hydrogen) atoms. The smallest absolute Gasteiger partial charge is 0.257 e. The van der Waals surface area contributed by atoms with Crippen molar-refractivity contribution in [1.82, 2.24) is 15.1 Å². The fraction of sp³-hybridized carbons (Fsp3) is 0.375. The number of methoxy groups -OCH3 is 1. The Bertz CT molecular complexity index is 601. The molecule has 0 radical (unpaired) electrons. The summed E-state index contributed by atoms with van der Waals surface area (Å²) in [5.74, 6) is 0.625. The summed E-state index contributed by atoms with van der Waals surface area (Å²) in [5.41, 5.74) is 2.04. The molecule has 1 aromatic heterocycles. The van der Waals surface area contributed by atoms with Crippen LogP contribution in [0.5, 0.6) is 5.75 Å². The molecule has 6 nitrogen and oxygen atoms in total. The molecule has 0 aliphatic heterocycles. The van der Waals surface area contributed by atoms with Crippen LogP contribution in [-0.2, 0) is 0 Å². The Labute approximate surface area is 129 Å². The van der Waals surface area contributed by atoms with Gasteiger partial charge in [-0.25, -0.2) is 0 Å². The van der Waals surface area contributed by atoms with E-state index in [-0.39, 0.29) is 12.5 Å². The summed E-state index contributed by atoms with van der Waals surface area (Å²) in [6.45, 7) is 2.87. The first-order valence-corrected chi connectivity index (χ1v) is 7.29. The number of carbonyl (C=O) groups is 1. The molecule has 2 N–H and O–H groups in total. The monoisotopic (exact) mass is 303 g/mol. The summed E-state index contributed by atoms with van der Waals surface area (Å²) in [4.78, 5) is 14.3. The number of aliphatic hydroxyl groups excluding tert-OH is 1. The minimum atomic E-state index is -0.129. The van der Waals surface area contributed by atoms with E-state index in [0.717, 1.165) is 17.7 Å². The molecule has 118 valence electrons. The van der Waals surface area contributed by atoms with E-state index in [1.165, 1.54) is 6.20 Å². The number of nitrogens with zero attached hydrogens (tertiary/aromatic N) is 2. The fourth-order valence-corrected chi connectivity index (χ4v) is 2.30. The molecule has 0 saturated heterocycles. The van der Waals surface area contributed by atoms with E-state index in [1.54, 1.807) is 12.0 Å². The van der Waals surface area contributed by atoms with Crippen LogP contribution in [0.25, 0.3) is 11.3 Å². The number of aliphatic hydroxyl groups is 1. The van der Waals surface area contributed by atoms with Crippen LogP contribution in [0.3, 0.4) is 0 Å². The van der Waals surface area contributed by atoms with Gasteiger partial charge in [0.1, 0.15) is 5.75 Å². The summed E-state index contributed by atoms with van der Waals surface area (Å²) in [6.07, 6.45) is 2.36. The van der Waals surface area contributed by atoms with Gasteiger partial charge in [-0.2, -0.15) is 5.10 Å². The number of ether oxygens (including phenoxy) is 1. The van der Waals surface area contributed by atoms with Gasteiger partial charge in [-0.15, -0.1) is 0 Å². The maximum absolute atomic E-state index is 12.6. The molecule has 1 heterocycles. The number of benzene rings is 1. The topological polar surface area (TPSA) is 78.5 Å². The maximum Gasteiger partial charge on any atom is 0.257 e. The Morgan fingerprint density at radius 3 is 2.64 bits per heavy atom. The lowest BCUT2D eigenvalue weighted by molar-refractivity contribution is 0.0723. The van der Waals surface area contributed by atoms with E-state index in [1.807, 2.05) is 31.2 Å². The average Bonchev–Trinajstić information content (AvgIpc) is 3.03. The first kappa shape index (κ1) is 16.0. The number of hydrogen-bond acceptors (Lipinski definition) is 4. The molecule has 2 rings (SSSR count). The number of aromatic nitrogens is 2. The van der Waals surface area contributed by atoms with Crippen LogP contribution in [0.4, 0.5) is 0 Å². The lowest BCUT2D eigenvalue weighted by Gasteiger charge is -2.20. The summed E-state index contributed by atoms with van der Waals surface area (Å²) < 4.78 is 5.14. The van der Waals surface area contributed by atoms with Crippen molar-refractivity contribution < 1.29 is 14.6 Å². The van der Waals surface area contributed by atoms with Crippen molar-refractivity contribution in [3.8, 4) is 17.0 Å². The summed E-state index contributed by atoms with van der Waals surface area (Å²) in [6, 6.07) is 7.42. The zero-order valence-electron chi connectivity index (χ0n) is 12.9. The number of rotatable bonds is 7. The van der Waals surface area contributed by atoms with Crippen LogP contribution in [0.15, 0.2) is 30.5 Å². The first-order valence-electron chi connectivity index (χ1n) is 7.29. The average molecular weight is 303 g/mol. The largest absolute Gasteiger partial charge is 0.497 e. The molecule has 0 unspecified atom stereocenters. The van der Waals surface area contributed by atoms with Gasteiger partial charge in [0.15, 0.2) is 0 Å². The molecule has 0 aliphatic rings. The molecule has 1 aromatic carbocycles. The summed E-state index contributed by atoms with van der Waals surface area (Å²) in [7, 11) is 1.61. The van der Waals surface area contributed by atoms with Crippen molar-refractivity contribution in [2.45, 2.75) is 13.3 Å². The predicted molar refractivity (Wildman–Crippen MR) is 83.9 cm³/mol. The Morgan fingerprint density at radius 2 is 2.05 bits per heavy atom. The highest BCUT2D eigenvalue weighted by molar-refractivity contribution is 5.99. The Morgan fingerprint density at radius 1 is 1.32 bits per heavy atom. The van der Waals surface area contributed by atoms with E-state index in [0.29, 0.717) is 24.3 Å². The van der Waals surface area contributed by atoms with Crippen LogP contribution in [0.1, 0.15) is 23.7 Å². The molecular formula is C16H21N3O3. The van der Waals surface area contributed by atoms with Gasteiger partial charge in [-0.1, -0.05) is 6.92 Å². The molecule has 2 aromatic rings. The molecule has 0 atom stereocenters. The predicted octanol–water partition coefficient (Wildman–Crippen LogP) is 1.93. The van der Waals surface area contributed by atoms with Crippen molar-refractivity contribution in [2.75, 3.05) is 26.8 Å². The lowest BCUT2D eigenvalue weighted by atomic mass is 10.1. The molecule has 0 aliphatic carbocycles. The Balaban J connectivity index is 2.29. The normalized spacial score (nSPS) is 10.5. The first-order chi connectivity index (χ1) is 10.7. The highest BCUT2D eigenvalue weighted by Gasteiger charge is 2.20. The SMILES string of the molecule is CCCN(CCO)C(=O)c1cn[nH]c1-c1ccc(OC)cc1. The molecule has 0 spiro atoms. The summed E-state index contributed by atoms with van der Waals surface area (Å²) >= 11 is 0. The minimum Gasteiger partial charge on any atom is -0.497 e. The van der Waals surface area contributed by atoms with Gasteiger partial charge in [0, 0.05) is 18.7 Å². The van der Waals surface area contributed by atoms with Crippen molar-refractivity contribution >= 4 is 5.91 Å². The Hall–Kier alpha value is -2.34. The van der Waals surface area contributed by atoms with Gasteiger partial charge < -0.3 is 14.7 Å². The second-order valence-electron chi connectivity index (χ2n) is 4.90. The van der Waals surface area contributed by atoms with Crippen molar-refractivity contribution in [3.63, 3.8) is 0 Å². The van der Waals surface area contributed by atoms with Crippen molar-refractivity contribution in [1.29, 1.82) is 0 Å². The number of hydrogen-bond donors (Lipinski definition) is 2. The zero-order chi connectivity index (χ0) is 15.9. The number of nitrogens with one attached hydrogen (secondary N) is 1. The van der Waals surface area contributed by atoms with Gasteiger partial charge >= 0.3 is 0 Å². The van der Waals surface area contributed by atoms with Crippen LogP contribution >= 0.6 is 0 Å². The van der Waals surface area contributed by atoms with E-state index in [2.05, 4.69) is 10.2 Å². The molecule has 0 fully saturated rings. The second kappa shape index (κ2) is 7.61.